The third-order valence-corrected chi connectivity index (χ3v) is 2.38. The maximum Gasteiger partial charge on any atom is 0.191 e. The van der Waals surface area contributed by atoms with Crippen LogP contribution in [-0.4, -0.2) is 37.7 Å². The number of hydrogen-bond acceptors (Lipinski definition) is 3. The van der Waals surface area contributed by atoms with Gasteiger partial charge in [0.05, 0.1) is 18.8 Å². The molecule has 1 heterocycles. The van der Waals surface area contributed by atoms with Crippen LogP contribution in [0.1, 0.15) is 19.5 Å². The molecule has 0 saturated heterocycles. The van der Waals surface area contributed by atoms with E-state index in [1.165, 1.54) is 0 Å². The number of pyridine rings is 1. The second-order valence-electron chi connectivity index (χ2n) is 4.64. The van der Waals surface area contributed by atoms with Crippen LogP contribution >= 0.6 is 24.0 Å². The molecule has 0 unspecified atom stereocenters. The zero-order chi connectivity index (χ0) is 13.9. The maximum atomic E-state index is 5.50. The Bertz CT molecular complexity index is 371. The van der Waals surface area contributed by atoms with Crippen LogP contribution in [0.25, 0.3) is 0 Å². The van der Waals surface area contributed by atoms with Crippen LogP contribution in [0.2, 0.25) is 0 Å². The number of guanidine groups is 1. The van der Waals surface area contributed by atoms with Crippen molar-refractivity contribution in [3.8, 4) is 0 Å². The molecule has 2 N–H and O–H groups in total. The van der Waals surface area contributed by atoms with Crippen molar-refractivity contribution in [3.63, 3.8) is 0 Å². The highest BCUT2D eigenvalue weighted by Crippen LogP contribution is 1.92. The highest BCUT2D eigenvalue weighted by molar-refractivity contribution is 14.0. The quantitative estimate of drug-likeness (QED) is 0.323. The molecule has 0 amide bonds. The van der Waals surface area contributed by atoms with Crippen LogP contribution in [0.4, 0.5) is 0 Å². The van der Waals surface area contributed by atoms with E-state index in [1.54, 1.807) is 13.2 Å². The summed E-state index contributed by atoms with van der Waals surface area (Å²) in [7, 11) is 1.75. The van der Waals surface area contributed by atoms with Gasteiger partial charge in [-0.3, -0.25) is 9.98 Å². The Morgan fingerprint density at radius 2 is 2.15 bits per heavy atom. The van der Waals surface area contributed by atoms with Crippen molar-refractivity contribution in [2.45, 2.75) is 20.4 Å². The number of nitrogens with zero attached hydrogens (tertiary/aromatic N) is 2. The van der Waals surface area contributed by atoms with E-state index in [-0.39, 0.29) is 24.0 Å². The molecule has 1 aromatic heterocycles. The van der Waals surface area contributed by atoms with Crippen LogP contribution in [-0.2, 0) is 11.3 Å². The van der Waals surface area contributed by atoms with Crippen molar-refractivity contribution in [2.24, 2.45) is 10.9 Å². The van der Waals surface area contributed by atoms with E-state index in [9.17, 15) is 0 Å². The van der Waals surface area contributed by atoms with Crippen LogP contribution in [0.5, 0.6) is 0 Å². The molecule has 20 heavy (non-hydrogen) atoms. The lowest BCUT2D eigenvalue weighted by Gasteiger charge is -2.12. The van der Waals surface area contributed by atoms with Gasteiger partial charge >= 0.3 is 0 Å². The number of aliphatic imine (C=N–C) groups is 1. The minimum atomic E-state index is 0. The third kappa shape index (κ3) is 9.08. The van der Waals surface area contributed by atoms with Gasteiger partial charge < -0.3 is 15.4 Å². The van der Waals surface area contributed by atoms with Gasteiger partial charge in [0.25, 0.3) is 0 Å². The second-order valence-corrected chi connectivity index (χ2v) is 4.64. The van der Waals surface area contributed by atoms with Crippen molar-refractivity contribution < 1.29 is 4.74 Å². The SMILES string of the molecule is CN=C(NCCOCC(C)C)NCc1ccccn1.I. The summed E-state index contributed by atoms with van der Waals surface area (Å²) in [6.45, 7) is 7.16. The molecule has 114 valence electrons. The van der Waals surface area contributed by atoms with Crippen LogP contribution in [0, 0.1) is 5.92 Å². The molecule has 0 bridgehead atoms. The Morgan fingerprint density at radius 3 is 2.75 bits per heavy atom. The fourth-order valence-corrected chi connectivity index (χ4v) is 1.46. The minimum Gasteiger partial charge on any atom is -0.379 e. The van der Waals surface area contributed by atoms with E-state index in [1.807, 2.05) is 18.2 Å². The molecule has 1 rings (SSSR count). The fraction of sp³-hybridized carbons (Fsp3) is 0.571. The molecule has 0 saturated carbocycles. The topological polar surface area (TPSA) is 58.5 Å². The highest BCUT2D eigenvalue weighted by atomic mass is 127. The second kappa shape index (κ2) is 11.9. The van der Waals surface area contributed by atoms with Crippen molar-refractivity contribution >= 4 is 29.9 Å². The smallest absolute Gasteiger partial charge is 0.191 e. The highest BCUT2D eigenvalue weighted by Gasteiger charge is 1.98. The van der Waals surface area contributed by atoms with Gasteiger partial charge in [0.2, 0.25) is 0 Å². The molecule has 6 heteroatoms. The number of halogens is 1. The summed E-state index contributed by atoms with van der Waals surface area (Å²) in [5.41, 5.74) is 0.988. The van der Waals surface area contributed by atoms with Crippen LogP contribution in [0.3, 0.4) is 0 Å². The lowest BCUT2D eigenvalue weighted by atomic mass is 10.2. The molecule has 0 atom stereocenters. The average Bonchev–Trinajstić information content (AvgIpc) is 2.42. The molecule has 0 fully saturated rings. The van der Waals surface area contributed by atoms with Gasteiger partial charge in [-0.15, -0.1) is 24.0 Å². The standard InChI is InChI=1S/C14H24N4O.HI/c1-12(2)11-19-9-8-17-14(15-3)18-10-13-6-4-5-7-16-13;/h4-7,12H,8-11H2,1-3H3,(H2,15,17,18);1H. The average molecular weight is 392 g/mol. The summed E-state index contributed by atoms with van der Waals surface area (Å²) in [4.78, 5) is 8.39. The number of ether oxygens (including phenoxy) is 1. The summed E-state index contributed by atoms with van der Waals surface area (Å²) in [6, 6.07) is 5.86. The van der Waals surface area contributed by atoms with E-state index in [0.29, 0.717) is 19.1 Å². The molecule has 0 aliphatic carbocycles. The van der Waals surface area contributed by atoms with Crippen molar-refractivity contribution in [3.05, 3.63) is 30.1 Å². The molecule has 5 nitrogen and oxygen atoms in total. The molecular formula is C14H25IN4O. The first kappa shape index (κ1) is 19.1. The number of nitrogens with one attached hydrogen (secondary N) is 2. The summed E-state index contributed by atoms with van der Waals surface area (Å²) >= 11 is 0. The number of rotatable bonds is 7. The molecule has 0 radical (unpaired) electrons. The van der Waals surface area contributed by atoms with Crippen LogP contribution in [0.15, 0.2) is 29.4 Å². The maximum absolute atomic E-state index is 5.50. The van der Waals surface area contributed by atoms with Crippen molar-refractivity contribution in [1.82, 2.24) is 15.6 Å². The minimum absolute atomic E-state index is 0. The van der Waals surface area contributed by atoms with Gasteiger partial charge in [0.15, 0.2) is 5.96 Å². The zero-order valence-electron chi connectivity index (χ0n) is 12.4. The Hall–Kier alpha value is -0.890. The molecule has 1 aromatic rings. The summed E-state index contributed by atoms with van der Waals surface area (Å²) in [6.07, 6.45) is 1.78. The van der Waals surface area contributed by atoms with E-state index in [2.05, 4.69) is 34.5 Å². The Labute approximate surface area is 138 Å². The van der Waals surface area contributed by atoms with Gasteiger partial charge in [-0.2, -0.15) is 0 Å². The van der Waals surface area contributed by atoms with E-state index in [0.717, 1.165) is 24.8 Å². The fourth-order valence-electron chi connectivity index (χ4n) is 1.46. The Balaban J connectivity index is 0.00000361. The lowest BCUT2D eigenvalue weighted by Crippen LogP contribution is -2.38. The van der Waals surface area contributed by atoms with Gasteiger partial charge in [-0.1, -0.05) is 19.9 Å². The first-order valence-corrected chi connectivity index (χ1v) is 6.64. The Morgan fingerprint density at radius 1 is 1.35 bits per heavy atom. The molecule has 0 aliphatic rings. The predicted octanol–water partition coefficient (Wildman–Crippen LogP) is 2.04. The summed E-state index contributed by atoms with van der Waals surface area (Å²) in [5, 5.41) is 6.41. The normalized spacial score (nSPS) is 11.1. The van der Waals surface area contributed by atoms with E-state index < -0.39 is 0 Å². The molecule has 0 spiro atoms. The van der Waals surface area contributed by atoms with E-state index in [4.69, 9.17) is 4.74 Å². The van der Waals surface area contributed by atoms with Gasteiger partial charge in [-0.05, 0) is 18.1 Å². The van der Waals surface area contributed by atoms with Gasteiger partial charge in [-0.25, -0.2) is 0 Å². The zero-order valence-corrected chi connectivity index (χ0v) is 14.8. The first-order valence-electron chi connectivity index (χ1n) is 6.64. The number of hydrogen-bond donors (Lipinski definition) is 2. The number of aromatic nitrogens is 1. The molecule has 0 aromatic carbocycles. The lowest BCUT2D eigenvalue weighted by molar-refractivity contribution is 0.114. The first-order chi connectivity index (χ1) is 9.22. The monoisotopic (exact) mass is 392 g/mol. The largest absolute Gasteiger partial charge is 0.379 e. The van der Waals surface area contributed by atoms with Gasteiger partial charge in [0, 0.05) is 26.4 Å². The van der Waals surface area contributed by atoms with Crippen LogP contribution < -0.4 is 10.6 Å². The summed E-state index contributed by atoms with van der Waals surface area (Å²) < 4.78 is 5.50. The van der Waals surface area contributed by atoms with Crippen molar-refractivity contribution in [1.29, 1.82) is 0 Å². The predicted molar refractivity (Wildman–Crippen MR) is 93.5 cm³/mol. The molecule has 0 aliphatic heterocycles. The Kier molecular flexibility index (Phi) is 11.4. The van der Waals surface area contributed by atoms with Gasteiger partial charge in [0.1, 0.15) is 0 Å². The third-order valence-electron chi connectivity index (χ3n) is 2.38. The summed E-state index contributed by atoms with van der Waals surface area (Å²) in [5.74, 6) is 1.33. The van der Waals surface area contributed by atoms with Crippen molar-refractivity contribution in [2.75, 3.05) is 26.8 Å². The van der Waals surface area contributed by atoms with E-state index >= 15 is 0 Å². The molecular weight excluding hydrogens is 367 g/mol.